The third-order valence-electron chi connectivity index (χ3n) is 5.84. The van der Waals surface area contributed by atoms with Crippen LogP contribution in [0.4, 0.5) is 30.7 Å². The van der Waals surface area contributed by atoms with Crippen LogP contribution in [-0.4, -0.2) is 39.5 Å². The van der Waals surface area contributed by atoms with Crippen molar-refractivity contribution in [2.24, 2.45) is 0 Å². The van der Waals surface area contributed by atoms with Crippen LogP contribution in [0.1, 0.15) is 47.1 Å². The zero-order valence-corrected chi connectivity index (χ0v) is 19.2. The maximum absolute atomic E-state index is 13.6. The number of rotatable bonds is 6. The first-order chi connectivity index (χ1) is 17.3. The van der Waals surface area contributed by atoms with E-state index in [0.29, 0.717) is 24.2 Å². The van der Waals surface area contributed by atoms with Gasteiger partial charge in [-0.25, -0.2) is 14.3 Å². The lowest BCUT2D eigenvalue weighted by Crippen LogP contribution is -2.46. The molecule has 0 saturated carbocycles. The van der Waals surface area contributed by atoms with E-state index >= 15 is 0 Å². The SMILES string of the molecule is C[C@H](O[C@@H]1OCCN(Cc2[nH][13c](=O)[15nH][15n]2)[C@@H]1c1ccc(F)cc1)c1cc(C(F)(F)F)cc(C(F)(F)F)c1. The lowest BCUT2D eigenvalue weighted by atomic mass is 10.0. The molecule has 2 N–H and O–H groups in total. The monoisotopic (exact) mass is 537 g/mol. The fraction of sp³-hybridized carbons (Fsp3) is 0.391. The van der Waals surface area contributed by atoms with Crippen LogP contribution >= 0.6 is 0 Å². The van der Waals surface area contributed by atoms with E-state index in [-0.39, 0.29) is 30.6 Å². The fourth-order valence-electron chi connectivity index (χ4n) is 4.07. The fourth-order valence-corrected chi connectivity index (χ4v) is 4.07. The second-order valence-corrected chi connectivity index (χ2v) is 8.45. The summed E-state index contributed by atoms with van der Waals surface area (Å²) in [5.74, 6) is -0.239. The Bertz CT molecular complexity index is 1240. The van der Waals surface area contributed by atoms with Crippen LogP contribution in [0.15, 0.2) is 47.3 Å². The topological polar surface area (TPSA) is 83.2 Å². The minimum absolute atomic E-state index is 0.0427. The predicted octanol–water partition coefficient (Wildman–Crippen LogP) is 4.95. The highest BCUT2D eigenvalue weighted by Crippen LogP contribution is 2.39. The first-order valence-electron chi connectivity index (χ1n) is 11.0. The largest absolute Gasteiger partial charge is 0.416 e. The molecule has 3 aromatic rings. The van der Waals surface area contributed by atoms with Crippen LogP contribution in [0.5, 0.6) is 0 Å². The molecule has 0 spiro atoms. The van der Waals surface area contributed by atoms with Gasteiger partial charge in [0.15, 0.2) is 6.29 Å². The molecule has 0 unspecified atom stereocenters. The molecule has 0 aliphatic carbocycles. The standard InChI is InChI=1S/C23H21F7N4O3/c1-12(14-8-15(22(25,26)27)10-16(9-14)23(28,29)30)37-20-19(13-2-4-17(24)5-3-13)34(6-7-36-20)11-18-31-21(35)33-32-18/h2-5,8-10,12,19-20H,6-7,11H2,1H3,(H2,31,32,33,35)/t12-,19+,20-/m0/s1/i21+1,32+1,33+1. The van der Waals surface area contributed by atoms with Crippen molar-refractivity contribution in [1.29, 1.82) is 0 Å². The second kappa shape index (κ2) is 10.3. The van der Waals surface area contributed by atoms with E-state index < -0.39 is 53.4 Å². The molecule has 0 radical (unpaired) electrons. The Kier molecular flexibility index (Phi) is 7.44. The van der Waals surface area contributed by atoms with Gasteiger partial charge >= 0.3 is 18.0 Å². The van der Waals surface area contributed by atoms with Gasteiger partial charge in [-0.2, -0.15) is 31.4 Å². The van der Waals surface area contributed by atoms with Crippen LogP contribution in [0, 0.1) is 5.82 Å². The summed E-state index contributed by atoms with van der Waals surface area (Å²) in [6.45, 7) is 1.82. The summed E-state index contributed by atoms with van der Waals surface area (Å²) in [5, 5.41) is 6.10. The van der Waals surface area contributed by atoms with Gasteiger partial charge in [-0.05, 0) is 48.4 Å². The van der Waals surface area contributed by atoms with Gasteiger partial charge in [0, 0.05) is 6.54 Å². The quantitative estimate of drug-likeness (QED) is 0.435. The summed E-state index contributed by atoms with van der Waals surface area (Å²) in [6.07, 6.45) is -12.4. The Morgan fingerprint density at radius 1 is 1.08 bits per heavy atom. The number of aromatic amines is 2. The minimum atomic E-state index is -5.01. The van der Waals surface area contributed by atoms with Gasteiger partial charge in [0.2, 0.25) is 0 Å². The lowest BCUT2D eigenvalue weighted by Gasteiger charge is -2.41. The molecular weight excluding hydrogens is 516 g/mol. The minimum Gasteiger partial charge on any atom is -0.349 e. The smallest absolute Gasteiger partial charge is 0.349 e. The summed E-state index contributed by atoms with van der Waals surface area (Å²) in [6, 6.07) is 5.79. The second-order valence-electron chi connectivity index (χ2n) is 8.45. The molecule has 1 aliphatic rings. The number of alkyl halides is 6. The molecule has 1 aliphatic heterocycles. The maximum atomic E-state index is 13.6. The molecule has 3 atom stereocenters. The van der Waals surface area contributed by atoms with Crippen molar-refractivity contribution in [3.05, 3.63) is 86.8 Å². The van der Waals surface area contributed by atoms with E-state index in [1.807, 2.05) is 0 Å². The van der Waals surface area contributed by atoms with E-state index in [1.54, 1.807) is 4.90 Å². The van der Waals surface area contributed by atoms with Gasteiger partial charge < -0.3 is 9.47 Å². The zero-order valence-electron chi connectivity index (χ0n) is 19.2. The number of benzene rings is 2. The van der Waals surface area contributed by atoms with Gasteiger partial charge in [0.1, 0.15) is 11.6 Å². The maximum Gasteiger partial charge on any atom is 0.416 e. The summed E-state index contributed by atoms with van der Waals surface area (Å²) < 4.78 is 105. The number of aromatic nitrogens is 3. The average Bonchev–Trinajstić information content (AvgIpc) is 3.23. The van der Waals surface area contributed by atoms with E-state index in [1.165, 1.54) is 31.2 Å². The highest BCUT2D eigenvalue weighted by atomic mass is 19.4. The molecule has 37 heavy (non-hydrogen) atoms. The number of morpholine rings is 1. The van der Waals surface area contributed by atoms with E-state index in [0.717, 1.165) is 0 Å². The number of ether oxygens (including phenoxy) is 2. The molecule has 2 heterocycles. The number of H-pyrrole nitrogens is 2. The average molecular weight is 537 g/mol. The molecule has 7 nitrogen and oxygen atoms in total. The number of nitrogens with zero attached hydrogens (tertiary/aromatic N) is 2. The Morgan fingerprint density at radius 3 is 2.24 bits per heavy atom. The van der Waals surface area contributed by atoms with Crippen molar-refractivity contribution in [3.63, 3.8) is 0 Å². The first kappa shape index (κ1) is 26.8. The van der Waals surface area contributed by atoms with Crippen molar-refractivity contribution >= 4 is 0 Å². The number of halogens is 7. The summed E-state index contributed by atoms with van der Waals surface area (Å²) in [7, 11) is 0. The zero-order chi connectivity index (χ0) is 27.0. The van der Waals surface area contributed by atoms with E-state index in [9.17, 15) is 35.5 Å². The van der Waals surface area contributed by atoms with Crippen molar-refractivity contribution in [2.75, 3.05) is 13.2 Å². The molecule has 200 valence electrons. The summed E-state index contributed by atoms with van der Waals surface area (Å²) in [5.41, 5.74) is -3.30. The normalized spacial score (nSPS) is 20.2. The van der Waals surface area contributed by atoms with Crippen LogP contribution in [-0.2, 0) is 28.4 Å². The highest BCUT2D eigenvalue weighted by Gasteiger charge is 2.39. The van der Waals surface area contributed by atoms with Crippen molar-refractivity contribution < 1.29 is 40.2 Å². The molecule has 0 bridgehead atoms. The summed E-state index contributed by atoms with van der Waals surface area (Å²) >= 11 is 0. The van der Waals surface area contributed by atoms with Crippen molar-refractivity contribution in [3.8, 4) is 0 Å². The van der Waals surface area contributed by atoms with E-state index in [4.69, 9.17) is 9.47 Å². The third kappa shape index (κ3) is 6.37. The van der Waals surface area contributed by atoms with Crippen LogP contribution < -0.4 is 5.69 Å². The summed E-state index contributed by atoms with van der Waals surface area (Å²) in [4.78, 5) is 15.7. The predicted molar refractivity (Wildman–Crippen MR) is 114 cm³/mol. The Hall–Kier alpha value is -3.23. The highest BCUT2D eigenvalue weighted by molar-refractivity contribution is 5.34. The molecule has 2 aromatic carbocycles. The van der Waals surface area contributed by atoms with Crippen LogP contribution in [0.2, 0.25) is 0 Å². The van der Waals surface area contributed by atoms with Crippen LogP contribution in [0.3, 0.4) is 0 Å². The van der Waals surface area contributed by atoms with Gasteiger partial charge in [-0.1, -0.05) is 12.1 Å². The van der Waals surface area contributed by atoms with Gasteiger partial charge in [-0.3, -0.25) is 9.88 Å². The van der Waals surface area contributed by atoms with Crippen molar-refractivity contribution in [1.82, 2.24) is 20.1 Å². The molecule has 1 saturated heterocycles. The van der Waals surface area contributed by atoms with Crippen molar-refractivity contribution in [2.45, 2.75) is 44.3 Å². The molecule has 1 fully saturated rings. The molecule has 14 heteroatoms. The number of hydrogen-bond donors (Lipinski definition) is 2. The Labute approximate surface area is 205 Å². The number of nitrogens with one attached hydrogen (secondary N) is 2. The molecular formula is C23H21F7N4O3. The molecule has 1 aromatic heterocycles. The van der Waals surface area contributed by atoms with E-state index in [2.05, 4.69) is 15.2 Å². The first-order valence-corrected chi connectivity index (χ1v) is 11.0. The Balaban J connectivity index is 1.66. The third-order valence-corrected chi connectivity index (χ3v) is 5.84. The molecule has 0 amide bonds. The van der Waals surface area contributed by atoms with Gasteiger partial charge in [0.05, 0.1) is 36.4 Å². The Morgan fingerprint density at radius 2 is 1.70 bits per heavy atom. The number of hydrogen-bond acceptors (Lipinski definition) is 5. The van der Waals surface area contributed by atoms with Crippen LogP contribution in [0.25, 0.3) is 0 Å². The molecule has 4 rings (SSSR count). The lowest BCUT2D eigenvalue weighted by molar-refractivity contribution is -0.231. The van der Waals surface area contributed by atoms with Gasteiger partial charge in [0.25, 0.3) is 0 Å². The van der Waals surface area contributed by atoms with Gasteiger partial charge in [-0.15, -0.1) is 0 Å².